The van der Waals surface area contributed by atoms with Gasteiger partial charge in [-0.2, -0.15) is 0 Å². The van der Waals surface area contributed by atoms with Gasteiger partial charge in [-0.05, 0) is 26.8 Å². The Morgan fingerprint density at radius 1 is 1.16 bits per heavy atom. The summed E-state index contributed by atoms with van der Waals surface area (Å²) < 4.78 is 5.36. The van der Waals surface area contributed by atoms with E-state index in [1.165, 1.54) is 0 Å². The summed E-state index contributed by atoms with van der Waals surface area (Å²) in [7, 11) is 0. The molecule has 0 bridgehead atoms. The van der Waals surface area contributed by atoms with Crippen LogP contribution in [0.25, 0.3) is 0 Å². The summed E-state index contributed by atoms with van der Waals surface area (Å²) in [5.41, 5.74) is -0.448. The number of anilines is 1. The van der Waals surface area contributed by atoms with Crippen LogP contribution in [0.3, 0.4) is 0 Å². The molecule has 1 saturated heterocycles. The molecule has 6 nitrogen and oxygen atoms in total. The molecule has 1 amide bonds. The first kappa shape index (κ1) is 13.6. The first-order valence-electron chi connectivity index (χ1n) is 6.45. The molecule has 1 aliphatic heterocycles. The molecule has 19 heavy (non-hydrogen) atoms. The minimum Gasteiger partial charge on any atom is -0.444 e. The zero-order valence-electron chi connectivity index (χ0n) is 11.7. The third-order valence-corrected chi connectivity index (χ3v) is 2.77. The zero-order valence-corrected chi connectivity index (χ0v) is 11.7. The summed E-state index contributed by atoms with van der Waals surface area (Å²) in [5.74, 6) is 0.714. The fourth-order valence-corrected chi connectivity index (χ4v) is 1.87. The molecule has 1 aromatic heterocycles. The second-order valence-electron chi connectivity index (χ2n) is 5.50. The fraction of sp³-hybridized carbons (Fsp3) is 0.615. The average molecular weight is 264 g/mol. The lowest BCUT2D eigenvalue weighted by molar-refractivity contribution is 0.0240. The highest BCUT2D eigenvalue weighted by atomic mass is 16.6. The Balaban J connectivity index is 1.88. The average Bonchev–Trinajstić information content (AvgIpc) is 2.38. The minimum absolute atomic E-state index is 0.249. The van der Waals surface area contributed by atoms with Gasteiger partial charge < -0.3 is 14.5 Å². The van der Waals surface area contributed by atoms with Gasteiger partial charge in [-0.1, -0.05) is 0 Å². The van der Waals surface area contributed by atoms with Gasteiger partial charge in [-0.25, -0.2) is 14.8 Å². The number of nitrogens with zero attached hydrogens (tertiary/aromatic N) is 4. The van der Waals surface area contributed by atoms with Crippen molar-refractivity contribution in [3.63, 3.8) is 0 Å². The number of carbonyl (C=O) groups excluding carboxylic acids is 1. The number of rotatable bonds is 1. The smallest absolute Gasteiger partial charge is 0.410 e. The van der Waals surface area contributed by atoms with E-state index >= 15 is 0 Å². The lowest BCUT2D eigenvalue weighted by Gasteiger charge is -2.35. The van der Waals surface area contributed by atoms with Crippen molar-refractivity contribution in [2.24, 2.45) is 0 Å². The number of carbonyl (C=O) groups is 1. The van der Waals surface area contributed by atoms with Crippen molar-refractivity contribution in [2.45, 2.75) is 26.4 Å². The van der Waals surface area contributed by atoms with E-state index in [1.807, 2.05) is 20.8 Å². The van der Waals surface area contributed by atoms with Gasteiger partial charge in [-0.15, -0.1) is 0 Å². The van der Waals surface area contributed by atoms with Crippen molar-refractivity contribution in [2.75, 3.05) is 31.1 Å². The van der Waals surface area contributed by atoms with Gasteiger partial charge in [0.1, 0.15) is 5.60 Å². The Kier molecular flexibility index (Phi) is 3.87. The Hall–Kier alpha value is -1.85. The van der Waals surface area contributed by atoms with Gasteiger partial charge in [0.05, 0.1) is 0 Å². The van der Waals surface area contributed by atoms with Gasteiger partial charge in [0.25, 0.3) is 0 Å². The van der Waals surface area contributed by atoms with Crippen LogP contribution in [0.1, 0.15) is 20.8 Å². The number of amides is 1. The molecule has 6 heteroatoms. The van der Waals surface area contributed by atoms with Gasteiger partial charge >= 0.3 is 6.09 Å². The summed E-state index contributed by atoms with van der Waals surface area (Å²) in [4.78, 5) is 24.1. The maximum Gasteiger partial charge on any atom is 0.410 e. The lowest BCUT2D eigenvalue weighted by Crippen LogP contribution is -2.50. The normalized spacial score (nSPS) is 16.4. The zero-order chi connectivity index (χ0) is 13.9. The minimum atomic E-state index is -0.448. The Labute approximate surface area is 113 Å². The lowest BCUT2D eigenvalue weighted by atomic mass is 10.2. The third-order valence-electron chi connectivity index (χ3n) is 2.77. The van der Waals surface area contributed by atoms with Crippen LogP contribution < -0.4 is 4.90 Å². The van der Waals surface area contributed by atoms with E-state index in [0.29, 0.717) is 19.0 Å². The van der Waals surface area contributed by atoms with Crippen molar-refractivity contribution in [1.82, 2.24) is 14.9 Å². The maximum atomic E-state index is 11.9. The van der Waals surface area contributed by atoms with Crippen molar-refractivity contribution in [1.29, 1.82) is 0 Å². The highest BCUT2D eigenvalue weighted by Crippen LogP contribution is 2.13. The molecule has 2 heterocycles. The summed E-state index contributed by atoms with van der Waals surface area (Å²) in [6, 6.07) is 1.79. The highest BCUT2D eigenvalue weighted by molar-refractivity contribution is 5.68. The Bertz CT molecular complexity index is 422. The second-order valence-corrected chi connectivity index (χ2v) is 5.50. The molecule has 0 unspecified atom stereocenters. The van der Waals surface area contributed by atoms with Crippen molar-refractivity contribution in [3.05, 3.63) is 18.5 Å². The molecule has 2 rings (SSSR count). The van der Waals surface area contributed by atoms with E-state index in [0.717, 1.165) is 13.1 Å². The quantitative estimate of drug-likeness (QED) is 0.770. The summed E-state index contributed by atoms with van der Waals surface area (Å²) in [6.45, 7) is 8.34. The molecule has 0 radical (unpaired) electrons. The van der Waals surface area contributed by atoms with Gasteiger partial charge in [0.2, 0.25) is 5.95 Å². The topological polar surface area (TPSA) is 58.6 Å². The molecule has 0 aromatic carbocycles. The Morgan fingerprint density at radius 3 is 2.26 bits per heavy atom. The standard InChI is InChI=1S/C13H20N4O2/c1-13(2,3)19-12(18)17-9-7-16(8-10-17)11-14-5-4-6-15-11/h4-6H,7-10H2,1-3H3. The van der Waals surface area contributed by atoms with Crippen LogP contribution in [-0.2, 0) is 4.74 Å². The molecule has 0 spiro atoms. The number of aromatic nitrogens is 2. The van der Waals surface area contributed by atoms with Crippen LogP contribution in [0.2, 0.25) is 0 Å². The van der Waals surface area contributed by atoms with Crippen molar-refractivity contribution >= 4 is 12.0 Å². The number of hydrogen-bond acceptors (Lipinski definition) is 5. The fourth-order valence-electron chi connectivity index (χ4n) is 1.87. The van der Waals surface area contributed by atoms with E-state index in [2.05, 4.69) is 14.9 Å². The van der Waals surface area contributed by atoms with Gasteiger partial charge in [0.15, 0.2) is 0 Å². The van der Waals surface area contributed by atoms with Crippen LogP contribution in [0.15, 0.2) is 18.5 Å². The highest BCUT2D eigenvalue weighted by Gasteiger charge is 2.26. The monoisotopic (exact) mass is 264 g/mol. The van der Waals surface area contributed by atoms with E-state index in [1.54, 1.807) is 23.4 Å². The number of ether oxygens (including phenoxy) is 1. The molecule has 1 aromatic rings. The molecule has 1 aliphatic rings. The van der Waals surface area contributed by atoms with Crippen molar-refractivity contribution < 1.29 is 9.53 Å². The van der Waals surface area contributed by atoms with Crippen LogP contribution in [0.5, 0.6) is 0 Å². The molecular formula is C13H20N4O2. The molecule has 0 atom stereocenters. The van der Waals surface area contributed by atoms with Crippen LogP contribution >= 0.6 is 0 Å². The molecule has 1 fully saturated rings. The van der Waals surface area contributed by atoms with Crippen LogP contribution in [0, 0.1) is 0 Å². The van der Waals surface area contributed by atoms with Crippen LogP contribution in [0.4, 0.5) is 10.7 Å². The SMILES string of the molecule is CC(C)(C)OC(=O)N1CCN(c2ncccn2)CC1. The predicted molar refractivity (Wildman–Crippen MR) is 72.1 cm³/mol. The largest absolute Gasteiger partial charge is 0.444 e. The summed E-state index contributed by atoms with van der Waals surface area (Å²) in [5, 5.41) is 0. The molecular weight excluding hydrogens is 244 g/mol. The number of hydrogen-bond donors (Lipinski definition) is 0. The summed E-state index contributed by atoms with van der Waals surface area (Å²) in [6.07, 6.45) is 3.20. The maximum absolute atomic E-state index is 11.9. The second kappa shape index (κ2) is 5.42. The predicted octanol–water partition coefficient (Wildman–Crippen LogP) is 1.53. The third kappa shape index (κ3) is 3.81. The van der Waals surface area contributed by atoms with Crippen LogP contribution in [-0.4, -0.2) is 52.7 Å². The first-order valence-corrected chi connectivity index (χ1v) is 6.45. The Morgan fingerprint density at radius 2 is 1.74 bits per heavy atom. The first-order chi connectivity index (χ1) is 8.96. The number of piperazine rings is 1. The summed E-state index contributed by atoms with van der Waals surface area (Å²) >= 11 is 0. The molecule has 0 aliphatic carbocycles. The van der Waals surface area contributed by atoms with E-state index in [9.17, 15) is 4.79 Å². The molecule has 0 N–H and O–H groups in total. The van der Waals surface area contributed by atoms with E-state index < -0.39 is 5.60 Å². The van der Waals surface area contributed by atoms with Gasteiger partial charge in [-0.3, -0.25) is 0 Å². The van der Waals surface area contributed by atoms with Gasteiger partial charge in [0, 0.05) is 38.6 Å². The van der Waals surface area contributed by atoms with Crippen molar-refractivity contribution in [3.8, 4) is 0 Å². The molecule has 0 saturated carbocycles. The van der Waals surface area contributed by atoms with E-state index in [-0.39, 0.29) is 6.09 Å². The molecule has 104 valence electrons. The van der Waals surface area contributed by atoms with E-state index in [4.69, 9.17) is 4.74 Å².